The number of hydrogen-bond acceptors (Lipinski definition) is 0. The maximum Gasteiger partial charge on any atom is 0.126 e. The molecule has 0 aliphatic heterocycles. The fraction of sp³-hybridized carbons (Fsp3) is 0.0118. The van der Waals surface area contributed by atoms with Gasteiger partial charge in [-0.3, -0.25) is 0 Å². The SMILES string of the molecule is Cc1c(-n2c3cc(-n4c5ccccc5c5ccccc54)ccc3c3ccc(-n4c5ccccc5c5ccccc54)cc32)ccc(-c2cc(F)cc(F)c2)c1-n1c2cc(-n3c4ccccc4c4ccccc43)ccc2c2ccc(-n3c4ccccc4c4ccccc43)cc21. The highest BCUT2D eigenvalue weighted by molar-refractivity contribution is 6.17. The molecule has 0 saturated carbocycles. The first-order valence-electron chi connectivity index (χ1n) is 31.6. The number of nitrogens with zero attached hydrogens (tertiary/aromatic N) is 6. The van der Waals surface area contributed by atoms with Crippen LogP contribution in [0.5, 0.6) is 0 Å². The van der Waals surface area contributed by atoms with Gasteiger partial charge in [0, 0.05) is 99.0 Å². The maximum absolute atomic E-state index is 16.2. The minimum atomic E-state index is -0.653. The molecule has 8 heteroatoms. The molecule has 0 unspecified atom stereocenters. The quantitative estimate of drug-likeness (QED) is 0.152. The van der Waals surface area contributed by atoms with Crippen LogP contribution in [0.3, 0.4) is 0 Å². The Morgan fingerprint density at radius 1 is 0.215 bits per heavy atom. The molecule has 0 radical (unpaired) electrons. The van der Waals surface area contributed by atoms with E-state index in [9.17, 15) is 0 Å². The van der Waals surface area contributed by atoms with E-state index in [4.69, 9.17) is 0 Å². The third kappa shape index (κ3) is 7.31. The number of benzene rings is 14. The van der Waals surface area contributed by atoms with Gasteiger partial charge in [0.15, 0.2) is 0 Å². The van der Waals surface area contributed by atoms with E-state index in [0.717, 1.165) is 155 Å². The van der Waals surface area contributed by atoms with Crippen LogP contribution in [0.2, 0.25) is 0 Å². The molecule has 6 nitrogen and oxygen atoms in total. The molecule has 0 aliphatic carbocycles. The molecule has 0 amide bonds. The zero-order chi connectivity index (χ0) is 61.3. The topological polar surface area (TPSA) is 29.6 Å². The summed E-state index contributed by atoms with van der Waals surface area (Å²) in [5, 5.41) is 13.6. The zero-order valence-electron chi connectivity index (χ0n) is 50.2. The van der Waals surface area contributed by atoms with Crippen molar-refractivity contribution >= 4 is 131 Å². The fourth-order valence-corrected chi connectivity index (χ4v) is 16.0. The Bertz CT molecular complexity index is 6040. The Balaban J connectivity index is 0.933. The number of halogens is 2. The van der Waals surface area contributed by atoms with Crippen molar-refractivity contribution < 1.29 is 8.78 Å². The molecule has 0 N–H and O–H groups in total. The van der Waals surface area contributed by atoms with Gasteiger partial charge in [0.1, 0.15) is 11.6 Å². The number of aromatic nitrogens is 6. The second kappa shape index (κ2) is 19.4. The van der Waals surface area contributed by atoms with Crippen LogP contribution >= 0.6 is 0 Å². The molecule has 0 fully saturated rings. The van der Waals surface area contributed by atoms with Crippen molar-refractivity contribution in [3.8, 4) is 45.3 Å². The van der Waals surface area contributed by atoms with Gasteiger partial charge < -0.3 is 27.4 Å². The van der Waals surface area contributed by atoms with Crippen LogP contribution in [0.4, 0.5) is 8.78 Å². The molecule has 436 valence electrons. The summed E-state index contributed by atoms with van der Waals surface area (Å²) < 4.78 is 46.8. The monoisotopic (exact) mass is 1190 g/mol. The lowest BCUT2D eigenvalue weighted by molar-refractivity contribution is 0.584. The first-order chi connectivity index (χ1) is 45.9. The molecule has 20 aromatic rings. The van der Waals surface area contributed by atoms with Gasteiger partial charge in [0.25, 0.3) is 0 Å². The van der Waals surface area contributed by atoms with Crippen LogP contribution in [-0.4, -0.2) is 27.4 Å². The van der Waals surface area contributed by atoms with Crippen LogP contribution in [0, 0.1) is 18.6 Å². The standard InChI is InChI=1S/C85H52F2N6/c1-51-72(92-81-47-55(88-73-26-10-2-18-60(73)61-19-3-11-27-74(61)88)34-38-68(81)69-39-35-56(48-82(69)92)89-75-28-12-4-20-62(75)63-21-5-13-29-76(63)89)43-42-59(52-44-53(86)46-54(87)45-52)85(51)93-83-49-57(90-77-30-14-6-22-64(77)65-23-7-15-31-78(65)90)36-40-70(83)71-41-37-58(50-84(71)93)91-79-32-16-8-24-66(79)67-25-9-17-33-80(67)91/h2-50H,1H3. The van der Waals surface area contributed by atoms with E-state index in [1.54, 1.807) is 0 Å². The molecule has 0 bridgehead atoms. The summed E-state index contributed by atoms with van der Waals surface area (Å²) in [6.07, 6.45) is 0. The predicted octanol–water partition coefficient (Wildman–Crippen LogP) is 22.5. The molecular weight excluding hydrogens is 1140 g/mol. The Labute approximate surface area is 530 Å². The van der Waals surface area contributed by atoms with Crippen molar-refractivity contribution in [2.45, 2.75) is 6.92 Å². The van der Waals surface area contributed by atoms with Crippen molar-refractivity contribution in [3.63, 3.8) is 0 Å². The van der Waals surface area contributed by atoms with E-state index < -0.39 is 11.6 Å². The molecule has 20 rings (SSSR count). The second-order valence-electron chi connectivity index (χ2n) is 24.7. The van der Waals surface area contributed by atoms with Crippen LogP contribution in [0.15, 0.2) is 297 Å². The lowest BCUT2D eigenvalue weighted by atomic mass is 9.98. The summed E-state index contributed by atoms with van der Waals surface area (Å²) in [5.41, 5.74) is 20.5. The smallest absolute Gasteiger partial charge is 0.126 e. The molecule has 14 aromatic carbocycles. The maximum atomic E-state index is 16.2. The summed E-state index contributed by atoms with van der Waals surface area (Å²) in [4.78, 5) is 0. The summed E-state index contributed by atoms with van der Waals surface area (Å²) >= 11 is 0. The molecule has 0 saturated heterocycles. The van der Waals surface area contributed by atoms with Crippen LogP contribution < -0.4 is 0 Å². The van der Waals surface area contributed by atoms with Gasteiger partial charge in [-0.05, 0) is 133 Å². The third-order valence-corrected chi connectivity index (χ3v) is 19.9. The minimum absolute atomic E-state index is 0.425. The molecule has 0 atom stereocenters. The third-order valence-electron chi connectivity index (χ3n) is 19.9. The zero-order valence-corrected chi connectivity index (χ0v) is 50.2. The van der Waals surface area contributed by atoms with E-state index in [1.807, 2.05) is 0 Å². The highest BCUT2D eigenvalue weighted by Crippen LogP contribution is 2.46. The van der Waals surface area contributed by atoms with E-state index in [0.29, 0.717) is 11.1 Å². The van der Waals surface area contributed by atoms with Gasteiger partial charge in [-0.1, -0.05) is 176 Å². The van der Waals surface area contributed by atoms with Crippen molar-refractivity contribution in [1.82, 2.24) is 27.4 Å². The number of hydrogen-bond donors (Lipinski definition) is 0. The fourth-order valence-electron chi connectivity index (χ4n) is 16.0. The summed E-state index contributed by atoms with van der Waals surface area (Å²) in [6.45, 7) is 2.19. The number of rotatable bonds is 7. The average Bonchev–Trinajstić information content (AvgIpc) is 1.59. The van der Waals surface area contributed by atoms with Crippen LogP contribution in [0.25, 0.3) is 176 Å². The first kappa shape index (κ1) is 51.6. The van der Waals surface area contributed by atoms with Crippen molar-refractivity contribution in [1.29, 1.82) is 0 Å². The Hall–Kier alpha value is -12.3. The van der Waals surface area contributed by atoms with Crippen LogP contribution in [0.1, 0.15) is 5.56 Å². The summed E-state index contributed by atoms with van der Waals surface area (Å²) in [5.74, 6) is -1.31. The van der Waals surface area contributed by atoms with Crippen molar-refractivity contribution in [3.05, 3.63) is 314 Å². The average molecular weight is 1200 g/mol. The molecule has 93 heavy (non-hydrogen) atoms. The molecule has 0 aliphatic rings. The van der Waals surface area contributed by atoms with Crippen molar-refractivity contribution in [2.24, 2.45) is 0 Å². The largest absolute Gasteiger partial charge is 0.309 e. The first-order valence-corrected chi connectivity index (χ1v) is 31.6. The lowest BCUT2D eigenvalue weighted by Crippen LogP contribution is -2.07. The van der Waals surface area contributed by atoms with E-state index in [1.165, 1.54) is 33.7 Å². The van der Waals surface area contributed by atoms with Crippen LogP contribution in [-0.2, 0) is 0 Å². The highest BCUT2D eigenvalue weighted by atomic mass is 19.1. The second-order valence-corrected chi connectivity index (χ2v) is 24.7. The van der Waals surface area contributed by atoms with E-state index in [2.05, 4.69) is 313 Å². The van der Waals surface area contributed by atoms with E-state index >= 15 is 8.78 Å². The van der Waals surface area contributed by atoms with Gasteiger partial charge in [-0.15, -0.1) is 0 Å². The Kier molecular flexibility index (Phi) is 10.8. The summed E-state index contributed by atoms with van der Waals surface area (Å²) in [7, 11) is 0. The van der Waals surface area contributed by atoms with E-state index in [-0.39, 0.29) is 0 Å². The summed E-state index contributed by atoms with van der Waals surface area (Å²) in [6, 6.07) is 105. The Morgan fingerprint density at radius 2 is 0.462 bits per heavy atom. The number of para-hydroxylation sites is 8. The van der Waals surface area contributed by atoms with Gasteiger partial charge in [0.2, 0.25) is 0 Å². The van der Waals surface area contributed by atoms with Gasteiger partial charge in [-0.25, -0.2) is 8.78 Å². The van der Waals surface area contributed by atoms with Gasteiger partial charge >= 0.3 is 0 Å². The van der Waals surface area contributed by atoms with Crippen molar-refractivity contribution in [2.75, 3.05) is 0 Å². The number of fused-ring (bicyclic) bond motifs is 18. The normalized spacial score (nSPS) is 12.2. The Morgan fingerprint density at radius 3 is 0.742 bits per heavy atom. The van der Waals surface area contributed by atoms with Gasteiger partial charge in [0.05, 0.1) is 77.6 Å². The molecule has 0 spiro atoms. The van der Waals surface area contributed by atoms with Gasteiger partial charge in [-0.2, -0.15) is 0 Å². The minimum Gasteiger partial charge on any atom is -0.309 e. The molecule has 6 heterocycles. The molecular formula is C85H52F2N6. The highest BCUT2D eigenvalue weighted by Gasteiger charge is 2.27. The molecule has 6 aromatic heterocycles. The lowest BCUT2D eigenvalue weighted by Gasteiger charge is -2.22. The predicted molar refractivity (Wildman–Crippen MR) is 383 cm³/mol.